The molecule has 6 heteroatoms. The molecule has 2 aliphatic rings. The third kappa shape index (κ3) is 3.37. The molecule has 0 bridgehead atoms. The first kappa shape index (κ1) is 20.4. The van der Waals surface area contributed by atoms with E-state index < -0.39 is 5.82 Å². The standard InChI is InChI=1S/C26H23FN2O3/c27-19-12-10-18(11-13-19)26(32)29-22-15-28(24(31)14-17-6-2-1-3-7-17)21-9-5-4-8-20(21)25(22)23(29)16-30/h1-13,22-23,25,30H,14-16H2/t22-,23-,25+/m0/s1. The Labute approximate surface area is 185 Å². The van der Waals surface area contributed by atoms with Gasteiger partial charge >= 0.3 is 0 Å². The van der Waals surface area contributed by atoms with Crippen molar-refractivity contribution in [3.05, 3.63) is 101 Å². The van der Waals surface area contributed by atoms with Crippen LogP contribution in [0.1, 0.15) is 27.4 Å². The van der Waals surface area contributed by atoms with Crippen LogP contribution >= 0.6 is 0 Å². The maximum Gasteiger partial charge on any atom is 0.254 e. The minimum absolute atomic E-state index is 0.0382. The molecule has 0 spiro atoms. The number of aliphatic hydroxyl groups is 1. The first-order valence-electron chi connectivity index (χ1n) is 10.7. The van der Waals surface area contributed by atoms with Crippen molar-refractivity contribution in [2.24, 2.45) is 0 Å². The van der Waals surface area contributed by atoms with Gasteiger partial charge in [0.05, 0.1) is 25.1 Å². The van der Waals surface area contributed by atoms with E-state index in [1.165, 1.54) is 24.3 Å². The molecule has 3 aromatic carbocycles. The number of carbonyl (C=O) groups excluding carboxylic acids is 2. The van der Waals surface area contributed by atoms with Crippen LogP contribution in [-0.2, 0) is 11.2 Å². The fourth-order valence-corrected chi connectivity index (χ4v) is 5.01. The number of carbonyl (C=O) groups is 2. The largest absolute Gasteiger partial charge is 0.394 e. The number of benzene rings is 3. The van der Waals surface area contributed by atoms with Crippen LogP contribution < -0.4 is 4.90 Å². The van der Waals surface area contributed by atoms with Crippen molar-refractivity contribution >= 4 is 17.5 Å². The number of anilines is 1. The van der Waals surface area contributed by atoms with Crippen LogP contribution in [0.2, 0.25) is 0 Å². The second-order valence-corrected chi connectivity index (χ2v) is 8.29. The van der Waals surface area contributed by atoms with Gasteiger partial charge in [-0.1, -0.05) is 48.5 Å². The minimum atomic E-state index is -0.411. The number of nitrogens with zero attached hydrogens (tertiary/aromatic N) is 2. The number of rotatable bonds is 4. The van der Waals surface area contributed by atoms with Crippen LogP contribution in [0, 0.1) is 5.82 Å². The van der Waals surface area contributed by atoms with Gasteiger partial charge in [-0.25, -0.2) is 4.39 Å². The van der Waals surface area contributed by atoms with Crippen LogP contribution in [-0.4, -0.2) is 47.1 Å². The Kier molecular flexibility index (Phi) is 5.23. The van der Waals surface area contributed by atoms with Crippen molar-refractivity contribution in [2.75, 3.05) is 18.1 Å². The maximum atomic E-state index is 13.3. The van der Waals surface area contributed by atoms with E-state index in [4.69, 9.17) is 0 Å². The lowest BCUT2D eigenvalue weighted by molar-refractivity contribution is -0.119. The molecule has 32 heavy (non-hydrogen) atoms. The SMILES string of the molecule is O=C(Cc1ccccc1)N1C[C@H]2[C@@H](c3ccccc31)[C@H](CO)N2C(=O)c1ccc(F)cc1. The van der Waals surface area contributed by atoms with Gasteiger partial charge in [0.2, 0.25) is 5.91 Å². The average Bonchev–Trinajstić information content (AvgIpc) is 2.80. The molecule has 3 atom stereocenters. The predicted molar refractivity (Wildman–Crippen MR) is 119 cm³/mol. The summed E-state index contributed by atoms with van der Waals surface area (Å²) >= 11 is 0. The highest BCUT2D eigenvalue weighted by Gasteiger charge is 2.55. The van der Waals surface area contributed by atoms with Crippen molar-refractivity contribution in [1.29, 1.82) is 0 Å². The van der Waals surface area contributed by atoms with E-state index in [9.17, 15) is 19.1 Å². The Balaban J connectivity index is 1.47. The second kappa shape index (κ2) is 8.20. The van der Waals surface area contributed by atoms with E-state index in [1.54, 1.807) is 9.80 Å². The molecule has 0 aliphatic carbocycles. The van der Waals surface area contributed by atoms with Crippen molar-refractivity contribution < 1.29 is 19.1 Å². The first-order valence-corrected chi connectivity index (χ1v) is 10.7. The van der Waals surface area contributed by atoms with E-state index in [1.807, 2.05) is 54.6 Å². The summed E-state index contributed by atoms with van der Waals surface area (Å²) in [6, 6.07) is 22.1. The van der Waals surface area contributed by atoms with E-state index in [0.717, 1.165) is 16.8 Å². The Morgan fingerprint density at radius 2 is 1.62 bits per heavy atom. The predicted octanol–water partition coefficient (Wildman–Crippen LogP) is 3.38. The highest BCUT2D eigenvalue weighted by molar-refractivity contribution is 5.99. The van der Waals surface area contributed by atoms with Crippen LogP contribution in [0.25, 0.3) is 0 Å². The van der Waals surface area contributed by atoms with Crippen molar-refractivity contribution in [3.8, 4) is 0 Å². The van der Waals surface area contributed by atoms with Gasteiger partial charge in [-0.05, 0) is 41.5 Å². The number of likely N-dealkylation sites (tertiary alicyclic amines) is 1. The smallest absolute Gasteiger partial charge is 0.254 e. The zero-order valence-electron chi connectivity index (χ0n) is 17.4. The maximum absolute atomic E-state index is 13.3. The molecule has 3 aromatic rings. The van der Waals surface area contributed by atoms with Crippen LogP contribution in [0.15, 0.2) is 78.9 Å². The van der Waals surface area contributed by atoms with E-state index in [0.29, 0.717) is 12.1 Å². The summed E-state index contributed by atoms with van der Waals surface area (Å²) in [5, 5.41) is 10.1. The first-order chi connectivity index (χ1) is 15.6. The van der Waals surface area contributed by atoms with Crippen LogP contribution in [0.3, 0.4) is 0 Å². The van der Waals surface area contributed by atoms with Crippen LogP contribution in [0.5, 0.6) is 0 Å². The van der Waals surface area contributed by atoms with E-state index in [-0.39, 0.29) is 42.8 Å². The monoisotopic (exact) mass is 430 g/mol. The van der Waals surface area contributed by atoms with E-state index in [2.05, 4.69) is 0 Å². The average molecular weight is 430 g/mol. The molecule has 1 N–H and O–H groups in total. The number of aliphatic hydroxyl groups excluding tert-OH is 1. The minimum Gasteiger partial charge on any atom is -0.394 e. The second-order valence-electron chi connectivity index (χ2n) is 8.29. The van der Waals surface area contributed by atoms with Gasteiger partial charge in [0, 0.05) is 23.7 Å². The van der Waals surface area contributed by atoms with Crippen molar-refractivity contribution in [3.63, 3.8) is 0 Å². The lowest BCUT2D eigenvalue weighted by atomic mass is 9.71. The number of hydrogen-bond acceptors (Lipinski definition) is 3. The fourth-order valence-electron chi connectivity index (χ4n) is 5.01. The van der Waals surface area contributed by atoms with Crippen molar-refractivity contribution in [1.82, 2.24) is 4.90 Å². The summed E-state index contributed by atoms with van der Waals surface area (Å²) < 4.78 is 13.3. The Morgan fingerprint density at radius 1 is 0.938 bits per heavy atom. The summed E-state index contributed by atoms with van der Waals surface area (Å²) in [6.07, 6.45) is 0.266. The Bertz CT molecular complexity index is 1150. The van der Waals surface area contributed by atoms with Gasteiger partial charge in [-0.15, -0.1) is 0 Å². The molecule has 162 valence electrons. The number of fused-ring (bicyclic) bond motifs is 3. The lowest BCUT2D eigenvalue weighted by Crippen LogP contribution is -2.70. The zero-order valence-corrected chi connectivity index (χ0v) is 17.4. The summed E-state index contributed by atoms with van der Waals surface area (Å²) in [5.74, 6) is -0.767. The number of hydrogen-bond donors (Lipinski definition) is 1. The number of amides is 2. The highest BCUT2D eigenvalue weighted by Crippen LogP contribution is 2.48. The van der Waals surface area contributed by atoms with Gasteiger partial charge in [-0.2, -0.15) is 0 Å². The molecule has 0 unspecified atom stereocenters. The molecule has 2 amide bonds. The lowest BCUT2D eigenvalue weighted by Gasteiger charge is -2.59. The third-order valence-corrected chi connectivity index (χ3v) is 6.51. The zero-order chi connectivity index (χ0) is 22.2. The highest BCUT2D eigenvalue weighted by atomic mass is 19.1. The molecule has 0 radical (unpaired) electrons. The van der Waals surface area contributed by atoms with Gasteiger partial charge in [-0.3, -0.25) is 9.59 Å². The molecular weight excluding hydrogens is 407 g/mol. The molecule has 1 saturated heterocycles. The summed E-state index contributed by atoms with van der Waals surface area (Å²) in [7, 11) is 0. The van der Waals surface area contributed by atoms with Crippen LogP contribution in [0.4, 0.5) is 10.1 Å². The van der Waals surface area contributed by atoms with E-state index >= 15 is 0 Å². The fraction of sp³-hybridized carbons (Fsp3) is 0.231. The quantitative estimate of drug-likeness (QED) is 0.690. The molecular formula is C26H23FN2O3. The number of halogens is 1. The molecule has 5 nitrogen and oxygen atoms in total. The van der Waals surface area contributed by atoms with Gasteiger partial charge in [0.25, 0.3) is 5.91 Å². The summed E-state index contributed by atoms with van der Waals surface area (Å²) in [5.41, 5.74) is 3.09. The normalized spacial score (nSPS) is 21.4. The molecule has 0 saturated carbocycles. The molecule has 2 heterocycles. The van der Waals surface area contributed by atoms with Gasteiger partial charge in [0.1, 0.15) is 5.82 Å². The summed E-state index contributed by atoms with van der Waals surface area (Å²) in [4.78, 5) is 29.9. The Hall–Kier alpha value is -3.51. The third-order valence-electron chi connectivity index (χ3n) is 6.51. The molecule has 2 aliphatic heterocycles. The van der Waals surface area contributed by atoms with Gasteiger partial charge in [0.15, 0.2) is 0 Å². The molecule has 5 rings (SSSR count). The van der Waals surface area contributed by atoms with Crippen molar-refractivity contribution in [2.45, 2.75) is 24.4 Å². The Morgan fingerprint density at radius 3 is 2.34 bits per heavy atom. The van der Waals surface area contributed by atoms with Gasteiger partial charge < -0.3 is 14.9 Å². The molecule has 1 fully saturated rings. The summed E-state index contributed by atoms with van der Waals surface area (Å²) in [6.45, 7) is 0.178. The molecule has 0 aromatic heterocycles. The topological polar surface area (TPSA) is 60.9 Å². The number of para-hydroxylation sites is 1.